The van der Waals surface area contributed by atoms with Gasteiger partial charge in [0.05, 0.1) is 11.5 Å². The van der Waals surface area contributed by atoms with Gasteiger partial charge in [0.25, 0.3) is 0 Å². The maximum absolute atomic E-state index is 13.7. The number of carboxylic acid groups (broad SMARTS) is 1. The van der Waals surface area contributed by atoms with Crippen molar-refractivity contribution in [2.24, 2.45) is 0 Å². The monoisotopic (exact) mass is 452 g/mol. The standard InChI is InChI=1S/C26H32N2O5/c29-24(28-17-13-20(14-18-28)27-25(30)31)23(26(32)15-5-2-6-16-26)19-9-11-22(12-10-19)33-21-7-3-1-4-8-21/h1,3-4,7-12,20,23,27,32H,2,5-6,13-18H2,(H,30,31). The molecular weight excluding hydrogens is 420 g/mol. The maximum Gasteiger partial charge on any atom is 0.404 e. The third-order valence-electron chi connectivity index (χ3n) is 6.83. The van der Waals surface area contributed by atoms with Gasteiger partial charge >= 0.3 is 6.09 Å². The lowest BCUT2D eigenvalue weighted by Crippen LogP contribution is -2.52. The third kappa shape index (κ3) is 5.66. The van der Waals surface area contributed by atoms with Crippen LogP contribution >= 0.6 is 0 Å². The van der Waals surface area contributed by atoms with Crippen LogP contribution in [0.15, 0.2) is 54.6 Å². The minimum atomic E-state index is -1.08. The number of nitrogens with one attached hydrogen (secondary N) is 1. The molecule has 1 atom stereocenters. The van der Waals surface area contributed by atoms with Gasteiger partial charge in [0, 0.05) is 19.1 Å². The fraction of sp³-hybridized carbons (Fsp3) is 0.462. The van der Waals surface area contributed by atoms with E-state index in [1.54, 1.807) is 4.90 Å². The average Bonchev–Trinajstić information content (AvgIpc) is 2.81. The van der Waals surface area contributed by atoms with E-state index >= 15 is 0 Å². The minimum absolute atomic E-state index is 0.0788. The zero-order chi connectivity index (χ0) is 23.3. The van der Waals surface area contributed by atoms with Gasteiger partial charge in [-0.1, -0.05) is 49.6 Å². The number of likely N-dealkylation sites (tertiary alicyclic amines) is 1. The number of ether oxygens (including phenoxy) is 1. The molecule has 0 aromatic heterocycles. The number of aliphatic hydroxyl groups is 1. The van der Waals surface area contributed by atoms with Crippen molar-refractivity contribution in [3.8, 4) is 11.5 Å². The number of para-hydroxylation sites is 1. The lowest BCUT2D eigenvalue weighted by Gasteiger charge is -2.42. The number of nitrogens with zero attached hydrogens (tertiary/aromatic N) is 1. The number of benzene rings is 2. The second-order valence-corrected chi connectivity index (χ2v) is 9.13. The molecule has 4 rings (SSSR count). The Kier molecular flexibility index (Phi) is 7.18. The number of hydrogen-bond acceptors (Lipinski definition) is 4. The summed E-state index contributed by atoms with van der Waals surface area (Å²) in [6, 6.07) is 16.8. The third-order valence-corrected chi connectivity index (χ3v) is 6.83. The lowest BCUT2D eigenvalue weighted by molar-refractivity contribution is -0.142. The van der Waals surface area contributed by atoms with Crippen molar-refractivity contribution < 1.29 is 24.5 Å². The van der Waals surface area contributed by atoms with Gasteiger partial charge in [-0.25, -0.2) is 4.79 Å². The molecule has 7 nitrogen and oxygen atoms in total. The van der Waals surface area contributed by atoms with Crippen LogP contribution in [0.5, 0.6) is 11.5 Å². The number of rotatable bonds is 6. The Morgan fingerprint density at radius 2 is 1.55 bits per heavy atom. The summed E-state index contributed by atoms with van der Waals surface area (Å²) in [6.45, 7) is 0.955. The lowest BCUT2D eigenvalue weighted by atomic mass is 9.72. The highest BCUT2D eigenvalue weighted by Gasteiger charge is 2.45. The molecule has 0 spiro atoms. The molecule has 2 aromatic carbocycles. The van der Waals surface area contributed by atoms with E-state index in [9.17, 15) is 14.7 Å². The molecule has 176 valence electrons. The summed E-state index contributed by atoms with van der Waals surface area (Å²) < 4.78 is 5.89. The number of carbonyl (C=O) groups excluding carboxylic acids is 1. The van der Waals surface area contributed by atoms with Gasteiger partial charge in [0.1, 0.15) is 11.5 Å². The Morgan fingerprint density at radius 1 is 0.939 bits per heavy atom. The van der Waals surface area contributed by atoms with Crippen LogP contribution in [0.2, 0.25) is 0 Å². The van der Waals surface area contributed by atoms with Crippen LogP contribution in [-0.2, 0) is 4.79 Å². The quantitative estimate of drug-likeness (QED) is 0.599. The molecule has 1 aliphatic carbocycles. The number of hydrogen-bond donors (Lipinski definition) is 3. The Bertz CT molecular complexity index is 933. The molecule has 2 aliphatic rings. The van der Waals surface area contributed by atoms with Gasteiger partial charge in [0.2, 0.25) is 5.91 Å². The molecule has 33 heavy (non-hydrogen) atoms. The van der Waals surface area contributed by atoms with Crippen molar-refractivity contribution in [2.75, 3.05) is 13.1 Å². The Balaban J connectivity index is 1.53. The van der Waals surface area contributed by atoms with Gasteiger partial charge in [-0.3, -0.25) is 4.79 Å². The second kappa shape index (κ2) is 10.3. The molecule has 1 unspecified atom stereocenters. The fourth-order valence-corrected chi connectivity index (χ4v) is 5.09. The first-order valence-electron chi connectivity index (χ1n) is 11.8. The van der Waals surface area contributed by atoms with Crippen LogP contribution in [0.25, 0.3) is 0 Å². The second-order valence-electron chi connectivity index (χ2n) is 9.13. The van der Waals surface area contributed by atoms with Crippen LogP contribution < -0.4 is 10.1 Å². The van der Waals surface area contributed by atoms with E-state index in [0.717, 1.165) is 30.6 Å². The number of amides is 2. The summed E-state index contributed by atoms with van der Waals surface area (Å²) in [5, 5.41) is 23.1. The first-order valence-corrected chi connectivity index (χ1v) is 11.8. The zero-order valence-corrected chi connectivity index (χ0v) is 18.8. The van der Waals surface area contributed by atoms with Crippen molar-refractivity contribution in [1.82, 2.24) is 10.2 Å². The Morgan fingerprint density at radius 3 is 2.15 bits per heavy atom. The topological polar surface area (TPSA) is 99.1 Å². The van der Waals surface area contributed by atoms with Gasteiger partial charge in [-0.15, -0.1) is 0 Å². The molecule has 2 amide bonds. The SMILES string of the molecule is O=C(O)NC1CCN(C(=O)C(c2ccc(Oc3ccccc3)cc2)C2(O)CCCCC2)CC1. The molecule has 7 heteroatoms. The first-order chi connectivity index (χ1) is 15.9. The predicted molar refractivity (Wildman–Crippen MR) is 124 cm³/mol. The molecule has 3 N–H and O–H groups in total. The molecule has 1 saturated heterocycles. The molecule has 1 saturated carbocycles. The molecular formula is C26H32N2O5. The van der Waals surface area contributed by atoms with Crippen LogP contribution in [0.4, 0.5) is 4.79 Å². The Labute approximate surface area is 194 Å². The normalized spacial score (nSPS) is 19.5. The zero-order valence-electron chi connectivity index (χ0n) is 18.8. The summed E-state index contributed by atoms with van der Waals surface area (Å²) >= 11 is 0. The van der Waals surface area contributed by atoms with E-state index in [1.165, 1.54) is 0 Å². The van der Waals surface area contributed by atoms with Crippen LogP contribution in [0.3, 0.4) is 0 Å². The highest BCUT2D eigenvalue weighted by molar-refractivity contribution is 5.85. The summed E-state index contributed by atoms with van der Waals surface area (Å²) in [6.07, 6.45) is 4.19. The fourth-order valence-electron chi connectivity index (χ4n) is 5.09. The largest absolute Gasteiger partial charge is 0.465 e. The van der Waals surface area contributed by atoms with Gasteiger partial charge in [0.15, 0.2) is 0 Å². The highest BCUT2D eigenvalue weighted by Crippen LogP contribution is 2.42. The molecule has 1 heterocycles. The summed E-state index contributed by atoms with van der Waals surface area (Å²) in [5.74, 6) is 0.687. The van der Waals surface area contributed by atoms with E-state index in [2.05, 4.69) is 5.32 Å². The van der Waals surface area contributed by atoms with E-state index in [1.807, 2.05) is 54.6 Å². The molecule has 1 aliphatic heterocycles. The van der Waals surface area contributed by atoms with Crippen molar-refractivity contribution in [1.29, 1.82) is 0 Å². The highest BCUT2D eigenvalue weighted by atomic mass is 16.5. The predicted octanol–water partition coefficient (Wildman–Crippen LogP) is 4.52. The van der Waals surface area contributed by atoms with Crippen LogP contribution in [0.1, 0.15) is 56.4 Å². The van der Waals surface area contributed by atoms with Gasteiger partial charge in [-0.2, -0.15) is 0 Å². The summed E-state index contributed by atoms with van der Waals surface area (Å²) in [5.41, 5.74) is -0.289. The van der Waals surface area contributed by atoms with Gasteiger partial charge in [-0.05, 0) is 55.5 Å². The number of piperidine rings is 1. The van der Waals surface area contributed by atoms with Crippen molar-refractivity contribution in [2.45, 2.75) is 62.5 Å². The summed E-state index contributed by atoms with van der Waals surface area (Å²) in [7, 11) is 0. The smallest absolute Gasteiger partial charge is 0.404 e. The van der Waals surface area contributed by atoms with E-state index in [-0.39, 0.29) is 11.9 Å². The molecule has 2 aromatic rings. The average molecular weight is 453 g/mol. The van der Waals surface area contributed by atoms with Crippen molar-refractivity contribution in [3.05, 3.63) is 60.2 Å². The summed E-state index contributed by atoms with van der Waals surface area (Å²) in [4.78, 5) is 26.4. The molecule has 0 radical (unpaired) electrons. The first kappa shape index (κ1) is 23.1. The van der Waals surface area contributed by atoms with E-state index in [4.69, 9.17) is 9.84 Å². The van der Waals surface area contributed by atoms with Gasteiger partial charge < -0.3 is 25.2 Å². The Hall–Kier alpha value is -3.06. The van der Waals surface area contributed by atoms with Crippen molar-refractivity contribution in [3.63, 3.8) is 0 Å². The minimum Gasteiger partial charge on any atom is -0.465 e. The van der Waals surface area contributed by atoms with E-state index in [0.29, 0.717) is 44.5 Å². The molecule has 0 bridgehead atoms. The van der Waals surface area contributed by atoms with Crippen LogP contribution in [-0.4, -0.2) is 51.8 Å². The number of carbonyl (C=O) groups is 2. The van der Waals surface area contributed by atoms with Crippen molar-refractivity contribution >= 4 is 12.0 Å². The maximum atomic E-state index is 13.7. The molecule has 2 fully saturated rings. The van der Waals surface area contributed by atoms with E-state index < -0.39 is 17.6 Å². The van der Waals surface area contributed by atoms with Crippen LogP contribution in [0, 0.1) is 0 Å².